The fourth-order valence-electron chi connectivity index (χ4n) is 2.81. The Hall–Kier alpha value is -0.830. The van der Waals surface area contributed by atoms with Gasteiger partial charge in [-0.3, -0.25) is 4.68 Å². The molecule has 0 radical (unpaired) electrons. The lowest BCUT2D eigenvalue weighted by Crippen LogP contribution is -2.26. The molecule has 0 aliphatic heterocycles. The molecule has 0 fully saturated rings. The van der Waals surface area contributed by atoms with Gasteiger partial charge in [0, 0.05) is 12.2 Å². The Bertz CT molecular complexity index is 368. The van der Waals surface area contributed by atoms with Gasteiger partial charge in [0.25, 0.3) is 0 Å². The molecule has 1 rings (SSSR count). The van der Waals surface area contributed by atoms with E-state index in [4.69, 9.17) is 0 Å². The van der Waals surface area contributed by atoms with E-state index >= 15 is 0 Å². The van der Waals surface area contributed by atoms with E-state index in [0.717, 1.165) is 38.4 Å². The number of hydrogen-bond donors (Lipinski definition) is 1. The van der Waals surface area contributed by atoms with E-state index in [9.17, 15) is 0 Å². The van der Waals surface area contributed by atoms with Gasteiger partial charge < -0.3 is 5.32 Å². The summed E-state index contributed by atoms with van der Waals surface area (Å²) in [5, 5.41) is 8.26. The zero-order valence-corrected chi connectivity index (χ0v) is 14.1. The fraction of sp³-hybridized carbons (Fsp3) is 0.824. The SMILES string of the molecule is CCCNCC(Cc1cc(CC)nn1CC)CC(C)C. The lowest BCUT2D eigenvalue weighted by Gasteiger charge is -2.20. The van der Waals surface area contributed by atoms with Crippen LogP contribution in [0.1, 0.15) is 58.8 Å². The van der Waals surface area contributed by atoms with Gasteiger partial charge in [0.15, 0.2) is 0 Å². The van der Waals surface area contributed by atoms with Crippen molar-refractivity contribution in [2.24, 2.45) is 11.8 Å². The molecule has 0 saturated heterocycles. The standard InChI is InChI=1S/C17H33N3/c1-6-9-18-13-15(10-14(4)5)11-17-12-16(7-2)19-20(17)8-3/h12,14-15,18H,6-11,13H2,1-5H3. The van der Waals surface area contributed by atoms with Gasteiger partial charge in [-0.1, -0.05) is 27.7 Å². The molecule has 116 valence electrons. The van der Waals surface area contributed by atoms with Crippen molar-refractivity contribution in [3.63, 3.8) is 0 Å². The second-order valence-corrected chi connectivity index (χ2v) is 6.20. The topological polar surface area (TPSA) is 29.9 Å². The number of nitrogens with zero attached hydrogens (tertiary/aromatic N) is 2. The van der Waals surface area contributed by atoms with Crippen LogP contribution in [0.2, 0.25) is 0 Å². The smallest absolute Gasteiger partial charge is 0.0624 e. The molecule has 0 amide bonds. The minimum Gasteiger partial charge on any atom is -0.316 e. The first kappa shape index (κ1) is 17.2. The van der Waals surface area contributed by atoms with Crippen LogP contribution in [0.3, 0.4) is 0 Å². The predicted molar refractivity (Wildman–Crippen MR) is 87.1 cm³/mol. The van der Waals surface area contributed by atoms with Crippen LogP contribution in [0.15, 0.2) is 6.07 Å². The van der Waals surface area contributed by atoms with Crippen LogP contribution >= 0.6 is 0 Å². The van der Waals surface area contributed by atoms with E-state index in [1.165, 1.54) is 24.2 Å². The van der Waals surface area contributed by atoms with Crippen molar-refractivity contribution in [1.29, 1.82) is 0 Å². The van der Waals surface area contributed by atoms with Gasteiger partial charge in [0.2, 0.25) is 0 Å². The molecule has 1 heterocycles. The highest BCUT2D eigenvalue weighted by Gasteiger charge is 2.15. The molecule has 0 aliphatic carbocycles. The van der Waals surface area contributed by atoms with Crippen LogP contribution in [0, 0.1) is 11.8 Å². The third-order valence-electron chi connectivity index (χ3n) is 3.74. The van der Waals surface area contributed by atoms with E-state index < -0.39 is 0 Å². The molecule has 0 aliphatic rings. The Morgan fingerprint density at radius 3 is 2.55 bits per heavy atom. The first-order valence-electron chi connectivity index (χ1n) is 8.36. The Labute approximate surface area is 125 Å². The molecule has 1 aromatic rings. The molecule has 1 atom stereocenters. The lowest BCUT2D eigenvalue weighted by atomic mass is 9.92. The Morgan fingerprint density at radius 1 is 1.25 bits per heavy atom. The Kier molecular flexibility index (Phi) is 7.90. The van der Waals surface area contributed by atoms with Crippen LogP contribution in [0.4, 0.5) is 0 Å². The van der Waals surface area contributed by atoms with Crippen molar-refractivity contribution in [2.75, 3.05) is 13.1 Å². The molecule has 0 aromatic carbocycles. The average molecular weight is 279 g/mol. The second kappa shape index (κ2) is 9.17. The van der Waals surface area contributed by atoms with Crippen molar-refractivity contribution in [3.8, 4) is 0 Å². The summed E-state index contributed by atoms with van der Waals surface area (Å²) < 4.78 is 2.19. The molecular weight excluding hydrogens is 246 g/mol. The summed E-state index contributed by atoms with van der Waals surface area (Å²) in [6, 6.07) is 2.30. The van der Waals surface area contributed by atoms with E-state index in [1.54, 1.807) is 0 Å². The summed E-state index contributed by atoms with van der Waals surface area (Å²) >= 11 is 0. The highest BCUT2D eigenvalue weighted by Crippen LogP contribution is 2.18. The molecule has 0 spiro atoms. The maximum atomic E-state index is 4.67. The molecule has 20 heavy (non-hydrogen) atoms. The van der Waals surface area contributed by atoms with E-state index in [0.29, 0.717) is 5.92 Å². The summed E-state index contributed by atoms with van der Waals surface area (Å²) in [6.45, 7) is 14.5. The second-order valence-electron chi connectivity index (χ2n) is 6.20. The first-order chi connectivity index (χ1) is 9.60. The lowest BCUT2D eigenvalue weighted by molar-refractivity contribution is 0.376. The normalized spacial score (nSPS) is 13.1. The number of aryl methyl sites for hydroxylation is 2. The van der Waals surface area contributed by atoms with Crippen LogP contribution in [0.25, 0.3) is 0 Å². The summed E-state index contributed by atoms with van der Waals surface area (Å²) in [5.41, 5.74) is 2.64. The van der Waals surface area contributed by atoms with Crippen molar-refractivity contribution in [3.05, 3.63) is 17.5 Å². The van der Waals surface area contributed by atoms with Crippen molar-refractivity contribution in [2.45, 2.75) is 66.8 Å². The number of rotatable bonds is 10. The van der Waals surface area contributed by atoms with E-state index in [-0.39, 0.29) is 0 Å². The maximum absolute atomic E-state index is 4.67. The summed E-state index contributed by atoms with van der Waals surface area (Å²) in [7, 11) is 0. The molecular formula is C17H33N3. The van der Waals surface area contributed by atoms with Crippen LogP contribution in [-0.4, -0.2) is 22.9 Å². The Morgan fingerprint density at radius 2 is 2.00 bits per heavy atom. The van der Waals surface area contributed by atoms with Gasteiger partial charge in [-0.05, 0) is 63.6 Å². The van der Waals surface area contributed by atoms with E-state index in [2.05, 4.69) is 55.8 Å². The van der Waals surface area contributed by atoms with Gasteiger partial charge in [-0.2, -0.15) is 5.10 Å². The summed E-state index contributed by atoms with van der Waals surface area (Å²) in [5.74, 6) is 1.47. The van der Waals surface area contributed by atoms with Gasteiger partial charge in [-0.15, -0.1) is 0 Å². The molecule has 1 unspecified atom stereocenters. The maximum Gasteiger partial charge on any atom is 0.0624 e. The zero-order valence-electron chi connectivity index (χ0n) is 14.1. The predicted octanol–water partition coefficient (Wildman–Crippen LogP) is 3.67. The summed E-state index contributed by atoms with van der Waals surface area (Å²) in [6.07, 6.45) is 4.67. The molecule has 1 aromatic heterocycles. The van der Waals surface area contributed by atoms with Crippen molar-refractivity contribution < 1.29 is 0 Å². The largest absolute Gasteiger partial charge is 0.316 e. The third-order valence-corrected chi connectivity index (χ3v) is 3.74. The van der Waals surface area contributed by atoms with Crippen LogP contribution in [0.5, 0.6) is 0 Å². The minimum absolute atomic E-state index is 0.716. The van der Waals surface area contributed by atoms with E-state index in [1.807, 2.05) is 0 Å². The monoisotopic (exact) mass is 279 g/mol. The van der Waals surface area contributed by atoms with Gasteiger partial charge in [0.05, 0.1) is 5.69 Å². The van der Waals surface area contributed by atoms with Crippen LogP contribution < -0.4 is 5.32 Å². The molecule has 0 bridgehead atoms. The first-order valence-corrected chi connectivity index (χ1v) is 8.36. The summed E-state index contributed by atoms with van der Waals surface area (Å²) in [4.78, 5) is 0. The van der Waals surface area contributed by atoms with Gasteiger partial charge in [-0.25, -0.2) is 0 Å². The Balaban J connectivity index is 2.69. The minimum atomic E-state index is 0.716. The average Bonchev–Trinajstić information content (AvgIpc) is 2.80. The highest BCUT2D eigenvalue weighted by molar-refractivity contribution is 5.11. The number of nitrogens with one attached hydrogen (secondary N) is 1. The van der Waals surface area contributed by atoms with Crippen LogP contribution in [-0.2, 0) is 19.4 Å². The molecule has 1 N–H and O–H groups in total. The zero-order chi connectivity index (χ0) is 15.0. The van der Waals surface area contributed by atoms with Crippen molar-refractivity contribution in [1.82, 2.24) is 15.1 Å². The third kappa shape index (κ3) is 5.66. The molecule has 0 saturated carbocycles. The van der Waals surface area contributed by atoms with Gasteiger partial charge >= 0.3 is 0 Å². The highest BCUT2D eigenvalue weighted by atomic mass is 15.3. The molecule has 3 heteroatoms. The quantitative estimate of drug-likeness (QED) is 0.662. The fourth-order valence-corrected chi connectivity index (χ4v) is 2.81. The molecule has 3 nitrogen and oxygen atoms in total. The van der Waals surface area contributed by atoms with Gasteiger partial charge in [0.1, 0.15) is 0 Å². The number of hydrogen-bond acceptors (Lipinski definition) is 2. The number of aromatic nitrogens is 2. The van der Waals surface area contributed by atoms with Crippen molar-refractivity contribution >= 4 is 0 Å².